The predicted octanol–water partition coefficient (Wildman–Crippen LogP) is 4.22. The number of ether oxygens (including phenoxy) is 2. The number of imidazole rings is 1. The second-order valence-electron chi connectivity index (χ2n) is 9.04. The number of methoxy groups -OCH3 is 1. The molecule has 1 saturated heterocycles. The van der Waals surface area contributed by atoms with E-state index in [4.69, 9.17) is 21.1 Å². The Morgan fingerprint density at radius 1 is 1.11 bits per heavy atom. The molecule has 194 valence electrons. The Morgan fingerprint density at radius 3 is 2.62 bits per heavy atom. The summed E-state index contributed by atoms with van der Waals surface area (Å²) in [4.78, 5) is 23.1. The van der Waals surface area contributed by atoms with E-state index in [1.54, 1.807) is 35.6 Å². The summed E-state index contributed by atoms with van der Waals surface area (Å²) in [6, 6.07) is 8.10. The molecule has 1 aliphatic rings. The Morgan fingerprint density at radius 2 is 1.92 bits per heavy atom. The second kappa shape index (κ2) is 10.8. The monoisotopic (exact) mass is 526 g/mol. The lowest BCUT2D eigenvalue weighted by Crippen LogP contribution is -2.40. The summed E-state index contributed by atoms with van der Waals surface area (Å²) in [6.45, 7) is 3.24. The minimum atomic E-state index is -0.486. The van der Waals surface area contributed by atoms with Gasteiger partial charge < -0.3 is 24.3 Å². The van der Waals surface area contributed by atoms with Gasteiger partial charge in [0.05, 0.1) is 17.6 Å². The van der Waals surface area contributed by atoms with Crippen LogP contribution in [0.2, 0.25) is 5.02 Å². The van der Waals surface area contributed by atoms with Gasteiger partial charge in [-0.05, 0) is 37.1 Å². The van der Waals surface area contributed by atoms with Crippen molar-refractivity contribution >= 4 is 34.0 Å². The highest BCUT2D eigenvalue weighted by Gasteiger charge is 2.22. The molecular weight excluding hydrogens is 499 g/mol. The maximum atomic E-state index is 13.6. The van der Waals surface area contributed by atoms with E-state index in [0.29, 0.717) is 35.1 Å². The van der Waals surface area contributed by atoms with Crippen LogP contribution in [0.4, 0.5) is 15.9 Å². The Hall–Kier alpha value is -3.63. The van der Waals surface area contributed by atoms with Gasteiger partial charge in [0, 0.05) is 62.8 Å². The summed E-state index contributed by atoms with van der Waals surface area (Å²) in [6.07, 6.45) is 6.79. The van der Waals surface area contributed by atoms with Crippen molar-refractivity contribution in [3.63, 3.8) is 0 Å². The van der Waals surface area contributed by atoms with Gasteiger partial charge in [0.25, 0.3) is 0 Å². The zero-order valence-electron chi connectivity index (χ0n) is 20.7. The van der Waals surface area contributed by atoms with Crippen LogP contribution in [-0.2, 0) is 13.6 Å². The zero-order valence-corrected chi connectivity index (χ0v) is 21.4. The molecule has 4 aromatic rings. The number of nitrogens with one attached hydrogen (secondary N) is 1. The number of aromatic nitrogens is 4. The first kappa shape index (κ1) is 25.0. The number of halogens is 2. The average molecular weight is 527 g/mol. The Labute approximate surface area is 218 Å². The Bertz CT molecular complexity index is 1460. The van der Waals surface area contributed by atoms with Crippen molar-refractivity contribution in [2.45, 2.75) is 25.5 Å². The van der Waals surface area contributed by atoms with E-state index in [2.05, 4.69) is 20.2 Å². The van der Waals surface area contributed by atoms with Crippen molar-refractivity contribution in [1.29, 1.82) is 0 Å². The summed E-state index contributed by atoms with van der Waals surface area (Å²) in [5.74, 6) is 1.26. The van der Waals surface area contributed by atoms with Crippen LogP contribution in [0.5, 0.6) is 11.5 Å². The summed E-state index contributed by atoms with van der Waals surface area (Å²) in [7, 11) is 3.36. The zero-order chi connectivity index (χ0) is 25.9. The van der Waals surface area contributed by atoms with E-state index < -0.39 is 5.82 Å². The number of nitrogens with zero attached hydrogens (tertiary/aromatic N) is 5. The molecule has 1 N–H and O–H groups in total. The van der Waals surface area contributed by atoms with Crippen LogP contribution in [0.3, 0.4) is 0 Å². The Balaban J connectivity index is 1.28. The molecule has 37 heavy (non-hydrogen) atoms. The number of anilines is 2. The van der Waals surface area contributed by atoms with Crippen LogP contribution < -0.4 is 20.5 Å². The minimum Gasteiger partial charge on any atom is -0.493 e. The summed E-state index contributed by atoms with van der Waals surface area (Å²) in [5, 5.41) is 3.96. The second-order valence-corrected chi connectivity index (χ2v) is 9.45. The number of fused-ring (bicyclic) bond motifs is 1. The van der Waals surface area contributed by atoms with Crippen molar-refractivity contribution in [1.82, 2.24) is 24.0 Å². The topological polar surface area (TPSA) is 86.4 Å². The first-order chi connectivity index (χ1) is 17.9. The molecular formula is C26H28ClFN6O3. The lowest BCUT2D eigenvalue weighted by Gasteiger charge is -2.32. The fourth-order valence-corrected chi connectivity index (χ4v) is 4.67. The van der Waals surface area contributed by atoms with E-state index in [-0.39, 0.29) is 16.8 Å². The number of rotatable bonds is 8. The number of likely N-dealkylation sites (tertiary alicyclic amines) is 1. The SMILES string of the molecule is COc1cc2ncnc(Nc3ccc(F)c(Cl)c3)c2cc1OC1CCN(CCn2ccn(C)c2=O)CC1. The summed E-state index contributed by atoms with van der Waals surface area (Å²) >= 11 is 5.94. The van der Waals surface area contributed by atoms with Crippen LogP contribution in [0, 0.1) is 5.82 Å². The lowest BCUT2D eigenvalue weighted by atomic mass is 10.1. The molecule has 1 aliphatic heterocycles. The van der Waals surface area contributed by atoms with E-state index >= 15 is 0 Å². The van der Waals surface area contributed by atoms with Gasteiger partial charge >= 0.3 is 5.69 Å². The van der Waals surface area contributed by atoms with E-state index in [1.165, 1.54) is 18.5 Å². The maximum absolute atomic E-state index is 13.6. The molecule has 2 aromatic carbocycles. The highest BCUT2D eigenvalue weighted by Crippen LogP contribution is 2.36. The molecule has 9 nitrogen and oxygen atoms in total. The van der Waals surface area contributed by atoms with E-state index in [9.17, 15) is 9.18 Å². The van der Waals surface area contributed by atoms with Crippen LogP contribution in [-0.4, -0.2) is 56.9 Å². The van der Waals surface area contributed by atoms with Gasteiger partial charge in [0.15, 0.2) is 11.5 Å². The average Bonchev–Trinajstić information content (AvgIpc) is 3.22. The van der Waals surface area contributed by atoms with Crippen molar-refractivity contribution in [3.05, 3.63) is 70.4 Å². The van der Waals surface area contributed by atoms with Gasteiger partial charge in [0.2, 0.25) is 0 Å². The largest absolute Gasteiger partial charge is 0.493 e. The number of piperidine rings is 1. The highest BCUT2D eigenvalue weighted by molar-refractivity contribution is 6.31. The van der Waals surface area contributed by atoms with Crippen LogP contribution in [0.1, 0.15) is 12.8 Å². The smallest absolute Gasteiger partial charge is 0.327 e. The molecule has 0 spiro atoms. The van der Waals surface area contributed by atoms with E-state index in [0.717, 1.165) is 37.9 Å². The molecule has 1 fully saturated rings. The molecule has 0 aliphatic carbocycles. The number of hydrogen-bond acceptors (Lipinski definition) is 7. The van der Waals surface area contributed by atoms with Gasteiger partial charge in [-0.1, -0.05) is 11.6 Å². The quantitative estimate of drug-likeness (QED) is 0.368. The third-order valence-electron chi connectivity index (χ3n) is 6.61. The number of hydrogen-bond donors (Lipinski definition) is 1. The fraction of sp³-hybridized carbons (Fsp3) is 0.346. The third-order valence-corrected chi connectivity index (χ3v) is 6.90. The standard InChI is InChI=1S/C26H28ClFN6O3/c1-32-9-11-34(26(32)35)12-10-33-7-5-18(6-8-33)37-24-14-19-22(15-23(24)36-2)29-16-30-25(19)31-17-3-4-21(28)20(27)13-17/h3-4,9,11,13-16,18H,5-8,10,12H2,1-2H3,(H,29,30,31). The van der Waals surface area contributed by atoms with Crippen molar-refractivity contribution in [2.75, 3.05) is 32.1 Å². The van der Waals surface area contributed by atoms with Gasteiger partial charge in [-0.3, -0.25) is 4.57 Å². The molecule has 0 bridgehead atoms. The molecule has 0 unspecified atom stereocenters. The molecule has 0 radical (unpaired) electrons. The van der Waals surface area contributed by atoms with Crippen molar-refractivity contribution in [2.24, 2.45) is 7.05 Å². The van der Waals surface area contributed by atoms with Gasteiger partial charge in [-0.2, -0.15) is 0 Å². The molecule has 0 amide bonds. The molecule has 3 heterocycles. The summed E-state index contributed by atoms with van der Waals surface area (Å²) < 4.78 is 28.9. The Kier molecular flexibility index (Phi) is 7.29. The van der Waals surface area contributed by atoms with Gasteiger partial charge in [-0.25, -0.2) is 19.2 Å². The molecule has 0 atom stereocenters. The van der Waals surface area contributed by atoms with Crippen LogP contribution in [0.25, 0.3) is 10.9 Å². The number of benzene rings is 2. The van der Waals surface area contributed by atoms with Crippen molar-refractivity contribution < 1.29 is 13.9 Å². The normalized spacial score (nSPS) is 14.7. The van der Waals surface area contributed by atoms with Gasteiger partial charge in [-0.15, -0.1) is 0 Å². The van der Waals surface area contributed by atoms with Crippen LogP contribution in [0.15, 0.2) is 53.8 Å². The minimum absolute atomic E-state index is 0.00184. The fourth-order valence-electron chi connectivity index (χ4n) is 4.49. The molecule has 0 saturated carbocycles. The van der Waals surface area contributed by atoms with Gasteiger partial charge in [0.1, 0.15) is 24.1 Å². The van der Waals surface area contributed by atoms with Crippen molar-refractivity contribution in [3.8, 4) is 11.5 Å². The highest BCUT2D eigenvalue weighted by atomic mass is 35.5. The molecule has 11 heteroatoms. The molecule has 5 rings (SSSR count). The third kappa shape index (κ3) is 5.55. The van der Waals surface area contributed by atoms with E-state index in [1.807, 2.05) is 18.3 Å². The predicted molar refractivity (Wildman–Crippen MR) is 141 cm³/mol. The summed E-state index contributed by atoms with van der Waals surface area (Å²) in [5.41, 5.74) is 1.29. The first-order valence-corrected chi connectivity index (χ1v) is 12.4. The molecule has 2 aromatic heterocycles. The number of aryl methyl sites for hydroxylation is 1. The lowest BCUT2D eigenvalue weighted by molar-refractivity contribution is 0.0960. The van der Waals surface area contributed by atoms with Crippen LogP contribution >= 0.6 is 11.6 Å². The first-order valence-electron chi connectivity index (χ1n) is 12.1. The maximum Gasteiger partial charge on any atom is 0.327 e.